The van der Waals surface area contributed by atoms with Crippen molar-refractivity contribution in [2.75, 3.05) is 43.5 Å². The van der Waals surface area contributed by atoms with Gasteiger partial charge >= 0.3 is 0 Å². The van der Waals surface area contributed by atoms with Crippen molar-refractivity contribution in [3.63, 3.8) is 0 Å². The number of aryl methyl sites for hydroxylation is 1. The number of ether oxygens (including phenoxy) is 1. The molecule has 0 saturated carbocycles. The van der Waals surface area contributed by atoms with Gasteiger partial charge in [0, 0.05) is 49.7 Å². The van der Waals surface area contributed by atoms with Crippen molar-refractivity contribution in [3.8, 4) is 5.75 Å². The van der Waals surface area contributed by atoms with Crippen molar-refractivity contribution in [2.24, 2.45) is 0 Å². The van der Waals surface area contributed by atoms with Gasteiger partial charge in [0.1, 0.15) is 11.6 Å². The Hall–Kier alpha value is -3.38. The standard InChI is InChI=1S/C26H28FN3O2/c1-19-6-5-8-23(25(19)32-2)26(31)28-21-10-12-22(13-11-21)30-16-14-29(15-17-30)18-20-7-3-4-9-24(20)27/h3-13H,14-18H2,1-2H3,(H,28,31). The predicted molar refractivity (Wildman–Crippen MR) is 126 cm³/mol. The van der Waals surface area contributed by atoms with E-state index in [9.17, 15) is 9.18 Å². The highest BCUT2D eigenvalue weighted by Crippen LogP contribution is 2.25. The van der Waals surface area contributed by atoms with E-state index in [-0.39, 0.29) is 11.7 Å². The van der Waals surface area contributed by atoms with Gasteiger partial charge in [-0.1, -0.05) is 30.3 Å². The summed E-state index contributed by atoms with van der Waals surface area (Å²) in [5.74, 6) is 0.255. The SMILES string of the molecule is COc1c(C)cccc1C(=O)Nc1ccc(N2CCN(Cc3ccccc3F)CC2)cc1. The lowest BCUT2D eigenvalue weighted by Gasteiger charge is -2.36. The van der Waals surface area contributed by atoms with Crippen LogP contribution in [0, 0.1) is 12.7 Å². The summed E-state index contributed by atoms with van der Waals surface area (Å²) < 4.78 is 19.3. The van der Waals surface area contributed by atoms with Crippen LogP contribution in [-0.2, 0) is 6.54 Å². The Morgan fingerprint density at radius 3 is 2.38 bits per heavy atom. The third kappa shape index (κ3) is 4.92. The van der Waals surface area contributed by atoms with E-state index in [1.165, 1.54) is 6.07 Å². The maximum atomic E-state index is 13.9. The Kier molecular flexibility index (Phi) is 6.71. The minimum absolute atomic E-state index is 0.143. The average Bonchev–Trinajstić information content (AvgIpc) is 2.81. The summed E-state index contributed by atoms with van der Waals surface area (Å²) >= 11 is 0. The summed E-state index contributed by atoms with van der Waals surface area (Å²) in [5.41, 5.74) is 4.03. The fraction of sp³-hybridized carbons (Fsp3) is 0.269. The summed E-state index contributed by atoms with van der Waals surface area (Å²) in [6.07, 6.45) is 0. The molecule has 5 nitrogen and oxygen atoms in total. The zero-order valence-corrected chi connectivity index (χ0v) is 18.5. The Bertz CT molecular complexity index is 1080. The first-order valence-corrected chi connectivity index (χ1v) is 10.8. The van der Waals surface area contributed by atoms with Crippen molar-refractivity contribution < 1.29 is 13.9 Å². The molecule has 0 bridgehead atoms. The van der Waals surface area contributed by atoms with Crippen LogP contribution in [0.4, 0.5) is 15.8 Å². The molecule has 0 aliphatic carbocycles. The molecule has 1 aliphatic heterocycles. The van der Waals surface area contributed by atoms with E-state index >= 15 is 0 Å². The Labute approximate surface area is 188 Å². The summed E-state index contributed by atoms with van der Waals surface area (Å²) in [6.45, 7) is 6.05. The van der Waals surface area contributed by atoms with E-state index in [4.69, 9.17) is 4.74 Å². The number of nitrogens with one attached hydrogen (secondary N) is 1. The number of piperazine rings is 1. The zero-order valence-electron chi connectivity index (χ0n) is 18.5. The van der Waals surface area contributed by atoms with Crippen LogP contribution in [0.25, 0.3) is 0 Å². The van der Waals surface area contributed by atoms with Gasteiger partial charge in [0.05, 0.1) is 12.7 Å². The summed E-state index contributed by atoms with van der Waals surface area (Å²) in [4.78, 5) is 17.3. The van der Waals surface area contributed by atoms with Crippen molar-refractivity contribution >= 4 is 17.3 Å². The quantitative estimate of drug-likeness (QED) is 0.611. The molecule has 3 aromatic carbocycles. The summed E-state index contributed by atoms with van der Waals surface area (Å²) in [6, 6.07) is 20.4. The molecule has 0 aromatic heterocycles. The molecule has 32 heavy (non-hydrogen) atoms. The molecule has 1 N–H and O–H groups in total. The number of carbonyl (C=O) groups excluding carboxylic acids is 1. The van der Waals surface area contributed by atoms with Crippen molar-refractivity contribution in [2.45, 2.75) is 13.5 Å². The zero-order chi connectivity index (χ0) is 22.5. The van der Waals surface area contributed by atoms with Crippen LogP contribution in [-0.4, -0.2) is 44.1 Å². The fourth-order valence-corrected chi connectivity index (χ4v) is 4.09. The highest BCUT2D eigenvalue weighted by molar-refractivity contribution is 6.06. The molecular formula is C26H28FN3O2. The van der Waals surface area contributed by atoms with Gasteiger partial charge in [0.2, 0.25) is 0 Å². The first kappa shape index (κ1) is 21.8. The Balaban J connectivity index is 1.34. The molecule has 0 radical (unpaired) electrons. The van der Waals surface area contributed by atoms with Crippen molar-refractivity contribution in [1.29, 1.82) is 0 Å². The topological polar surface area (TPSA) is 44.8 Å². The molecule has 0 atom stereocenters. The average molecular weight is 434 g/mol. The van der Waals surface area contributed by atoms with Gasteiger partial charge in [-0.15, -0.1) is 0 Å². The largest absolute Gasteiger partial charge is 0.496 e. The van der Waals surface area contributed by atoms with Gasteiger partial charge in [0.25, 0.3) is 5.91 Å². The fourth-order valence-electron chi connectivity index (χ4n) is 4.09. The molecule has 166 valence electrons. The van der Waals surface area contributed by atoms with Gasteiger partial charge in [-0.3, -0.25) is 9.69 Å². The smallest absolute Gasteiger partial charge is 0.259 e. The number of nitrogens with zero attached hydrogens (tertiary/aromatic N) is 2. The van der Waals surface area contributed by atoms with Crippen LogP contribution in [0.15, 0.2) is 66.7 Å². The second-order valence-electron chi connectivity index (χ2n) is 8.01. The summed E-state index contributed by atoms with van der Waals surface area (Å²) in [5, 5.41) is 2.95. The first-order valence-electron chi connectivity index (χ1n) is 10.8. The number of methoxy groups -OCH3 is 1. The lowest BCUT2D eigenvalue weighted by molar-refractivity contribution is 0.102. The minimum Gasteiger partial charge on any atom is -0.496 e. The molecule has 6 heteroatoms. The van der Waals surface area contributed by atoms with Crippen LogP contribution in [0.1, 0.15) is 21.5 Å². The van der Waals surface area contributed by atoms with Crippen LogP contribution in [0.2, 0.25) is 0 Å². The molecule has 3 aromatic rings. The first-order chi connectivity index (χ1) is 15.5. The molecular weight excluding hydrogens is 405 g/mol. The number of hydrogen-bond acceptors (Lipinski definition) is 4. The Morgan fingerprint density at radius 1 is 0.969 bits per heavy atom. The number of para-hydroxylation sites is 1. The minimum atomic E-state index is -0.194. The maximum absolute atomic E-state index is 13.9. The number of amides is 1. The predicted octanol–water partition coefficient (Wildman–Crippen LogP) is 4.72. The molecule has 1 fully saturated rings. The van der Waals surface area contributed by atoms with Crippen molar-refractivity contribution in [3.05, 3.63) is 89.2 Å². The van der Waals surface area contributed by atoms with Gasteiger partial charge in [-0.25, -0.2) is 4.39 Å². The number of anilines is 2. The normalized spacial score (nSPS) is 14.3. The van der Waals surface area contributed by atoms with E-state index in [0.29, 0.717) is 17.9 Å². The monoisotopic (exact) mass is 433 g/mol. The van der Waals surface area contributed by atoms with Gasteiger partial charge in [-0.2, -0.15) is 0 Å². The summed E-state index contributed by atoms with van der Waals surface area (Å²) in [7, 11) is 1.57. The number of carbonyl (C=O) groups is 1. The molecule has 1 aliphatic rings. The number of benzene rings is 3. The van der Waals surface area contributed by atoms with Crippen LogP contribution < -0.4 is 15.0 Å². The number of rotatable bonds is 6. The molecule has 1 saturated heterocycles. The Morgan fingerprint density at radius 2 is 1.69 bits per heavy atom. The van der Waals surface area contributed by atoms with Crippen LogP contribution in [0.5, 0.6) is 5.75 Å². The lowest BCUT2D eigenvalue weighted by atomic mass is 10.1. The second-order valence-corrected chi connectivity index (χ2v) is 8.01. The van der Waals surface area contributed by atoms with Gasteiger partial charge in [0.15, 0.2) is 0 Å². The van der Waals surface area contributed by atoms with Crippen LogP contribution >= 0.6 is 0 Å². The maximum Gasteiger partial charge on any atom is 0.259 e. The molecule has 1 heterocycles. The highest BCUT2D eigenvalue weighted by atomic mass is 19.1. The second kappa shape index (κ2) is 9.83. The van der Waals surface area contributed by atoms with Gasteiger partial charge in [-0.05, 0) is 48.9 Å². The lowest BCUT2D eigenvalue weighted by Crippen LogP contribution is -2.46. The van der Waals surface area contributed by atoms with Crippen molar-refractivity contribution in [1.82, 2.24) is 4.90 Å². The van der Waals surface area contributed by atoms with E-state index in [1.807, 2.05) is 55.5 Å². The molecule has 1 amide bonds. The molecule has 0 spiro atoms. The van der Waals surface area contributed by atoms with Gasteiger partial charge < -0.3 is 15.0 Å². The van der Waals surface area contributed by atoms with E-state index in [0.717, 1.165) is 48.7 Å². The third-order valence-electron chi connectivity index (χ3n) is 5.88. The number of halogens is 1. The van der Waals surface area contributed by atoms with Crippen LogP contribution in [0.3, 0.4) is 0 Å². The molecule has 0 unspecified atom stereocenters. The van der Waals surface area contributed by atoms with E-state index in [1.54, 1.807) is 19.2 Å². The van der Waals surface area contributed by atoms with E-state index in [2.05, 4.69) is 15.1 Å². The van der Waals surface area contributed by atoms with E-state index < -0.39 is 0 Å². The highest BCUT2D eigenvalue weighted by Gasteiger charge is 2.19. The molecule has 4 rings (SSSR count). The number of hydrogen-bond donors (Lipinski definition) is 1. The third-order valence-corrected chi connectivity index (χ3v) is 5.88.